The molecule has 9 heteroatoms. The van der Waals surface area contributed by atoms with Gasteiger partial charge in [0.1, 0.15) is 11.9 Å². The summed E-state index contributed by atoms with van der Waals surface area (Å²) in [5, 5.41) is 0.949. The van der Waals surface area contributed by atoms with E-state index in [-0.39, 0.29) is 6.10 Å². The second-order valence-electron chi connectivity index (χ2n) is 7.31. The third kappa shape index (κ3) is 5.82. The first-order valence-electron chi connectivity index (χ1n) is 9.89. The van der Waals surface area contributed by atoms with Crippen LogP contribution >= 0.6 is 11.8 Å². The number of carbonyl (C=O) groups excluding carboxylic acids is 2. The Kier molecular flexibility index (Phi) is 7.87. The molecule has 3 rings (SSSR count). The van der Waals surface area contributed by atoms with Crippen LogP contribution in [0.2, 0.25) is 0 Å². The number of aromatic nitrogens is 1. The second kappa shape index (κ2) is 10.6. The number of nitrogens with zero attached hydrogens (tertiary/aromatic N) is 2. The lowest BCUT2D eigenvalue weighted by Gasteiger charge is -2.20. The highest BCUT2D eigenvalue weighted by Gasteiger charge is 2.20. The van der Waals surface area contributed by atoms with Crippen LogP contribution < -0.4 is 4.74 Å². The number of fused-ring (bicyclic) bond motifs is 1. The van der Waals surface area contributed by atoms with E-state index in [1.165, 1.54) is 4.57 Å². The Labute approximate surface area is 180 Å². The first-order valence-corrected chi connectivity index (χ1v) is 11.0. The molecule has 0 N–H and O–H groups in total. The van der Waals surface area contributed by atoms with E-state index >= 15 is 0 Å². The molecular weight excluding hydrogens is 408 g/mol. The fourth-order valence-corrected chi connectivity index (χ4v) is 4.32. The van der Waals surface area contributed by atoms with Gasteiger partial charge >= 0.3 is 12.2 Å². The van der Waals surface area contributed by atoms with Crippen LogP contribution in [0.25, 0.3) is 10.9 Å². The Balaban J connectivity index is 1.63. The highest BCUT2D eigenvalue weighted by molar-refractivity contribution is 7.99. The molecule has 1 aromatic carbocycles. The van der Waals surface area contributed by atoms with Crippen molar-refractivity contribution in [3.8, 4) is 5.75 Å². The fraction of sp³-hybridized carbons (Fsp3) is 0.524. The third-order valence-electron chi connectivity index (χ3n) is 4.91. The van der Waals surface area contributed by atoms with E-state index in [1.807, 2.05) is 38.0 Å². The van der Waals surface area contributed by atoms with Crippen molar-refractivity contribution in [3.63, 3.8) is 0 Å². The predicted octanol–water partition coefficient (Wildman–Crippen LogP) is 3.75. The maximum absolute atomic E-state index is 12.6. The van der Waals surface area contributed by atoms with Crippen LogP contribution in [0.15, 0.2) is 24.4 Å². The molecule has 0 radical (unpaired) electrons. The fourth-order valence-electron chi connectivity index (χ4n) is 3.26. The van der Waals surface area contributed by atoms with Gasteiger partial charge in [-0.15, -0.1) is 0 Å². The van der Waals surface area contributed by atoms with Crippen molar-refractivity contribution < 1.29 is 28.5 Å². The van der Waals surface area contributed by atoms with Gasteiger partial charge in [-0.25, -0.2) is 9.59 Å². The Bertz CT molecular complexity index is 876. The highest BCUT2D eigenvalue weighted by Crippen LogP contribution is 2.27. The van der Waals surface area contributed by atoms with Gasteiger partial charge in [0, 0.05) is 24.2 Å². The van der Waals surface area contributed by atoms with Crippen LogP contribution in [0.4, 0.5) is 9.59 Å². The van der Waals surface area contributed by atoms with E-state index in [1.54, 1.807) is 19.4 Å². The molecule has 30 heavy (non-hydrogen) atoms. The Hall–Kier alpha value is -2.39. The van der Waals surface area contributed by atoms with E-state index in [0.717, 1.165) is 48.3 Å². The molecular formula is C21H28N2O6S. The van der Waals surface area contributed by atoms with Crippen molar-refractivity contribution in [3.05, 3.63) is 30.0 Å². The number of benzene rings is 1. The summed E-state index contributed by atoms with van der Waals surface area (Å²) >= 11 is 1.84. The van der Waals surface area contributed by atoms with Crippen molar-refractivity contribution in [2.45, 2.75) is 25.4 Å². The van der Waals surface area contributed by atoms with Crippen molar-refractivity contribution in [1.82, 2.24) is 9.47 Å². The van der Waals surface area contributed by atoms with Gasteiger partial charge < -0.3 is 23.8 Å². The monoisotopic (exact) mass is 436 g/mol. The van der Waals surface area contributed by atoms with E-state index in [9.17, 15) is 9.59 Å². The van der Waals surface area contributed by atoms with Crippen molar-refractivity contribution >= 4 is 34.9 Å². The average molecular weight is 437 g/mol. The normalized spacial score (nSPS) is 14.7. The molecule has 1 saturated heterocycles. The number of likely N-dealkylation sites (N-methyl/N-ethyl adjacent to an activating group) is 1. The summed E-state index contributed by atoms with van der Waals surface area (Å²) in [4.78, 5) is 26.5. The summed E-state index contributed by atoms with van der Waals surface area (Å²) in [5.74, 6) is 2.57. The average Bonchev–Trinajstić information content (AvgIpc) is 3.10. The molecule has 1 aliphatic heterocycles. The van der Waals surface area contributed by atoms with Crippen LogP contribution in [0.3, 0.4) is 0 Å². The van der Waals surface area contributed by atoms with Gasteiger partial charge in [-0.1, -0.05) is 0 Å². The molecule has 1 aliphatic rings. The summed E-state index contributed by atoms with van der Waals surface area (Å²) in [6, 6.07) is 5.57. The van der Waals surface area contributed by atoms with Gasteiger partial charge in [0.2, 0.25) is 6.79 Å². The SMILES string of the molecule is COc1ccc2c(CCN(C)C)cn(C(=O)OCOC(=O)OC3CCSCC3)c2c1. The van der Waals surface area contributed by atoms with Gasteiger partial charge in [-0.3, -0.25) is 4.57 Å². The van der Waals surface area contributed by atoms with Crippen LogP contribution in [0.1, 0.15) is 18.4 Å². The van der Waals surface area contributed by atoms with Gasteiger partial charge in [0.15, 0.2) is 0 Å². The standard InChI is InChI=1S/C21H28N2O6S/c1-22(2)9-6-15-13-23(19-12-17(26-3)4-5-18(15)19)20(24)27-14-28-21(25)29-16-7-10-30-11-8-16/h4-5,12-13,16H,6-11,14H2,1-3H3. The molecule has 0 spiro atoms. The first kappa shape index (κ1) is 22.3. The first-order chi connectivity index (χ1) is 14.5. The number of rotatable bonds is 7. The van der Waals surface area contributed by atoms with Gasteiger partial charge in [-0.05, 0) is 62.6 Å². The number of ether oxygens (including phenoxy) is 4. The lowest BCUT2D eigenvalue weighted by atomic mass is 10.1. The molecule has 0 bridgehead atoms. The quantitative estimate of drug-likeness (QED) is 0.480. The van der Waals surface area contributed by atoms with Crippen LogP contribution in [-0.4, -0.2) is 73.9 Å². The Morgan fingerprint density at radius 2 is 1.97 bits per heavy atom. The molecule has 2 aromatic rings. The van der Waals surface area contributed by atoms with Crippen LogP contribution in [0.5, 0.6) is 5.75 Å². The zero-order valence-electron chi connectivity index (χ0n) is 17.6. The predicted molar refractivity (Wildman–Crippen MR) is 115 cm³/mol. The molecule has 1 fully saturated rings. The molecule has 0 saturated carbocycles. The zero-order chi connectivity index (χ0) is 21.5. The largest absolute Gasteiger partial charge is 0.511 e. The van der Waals surface area contributed by atoms with Gasteiger partial charge in [0.25, 0.3) is 0 Å². The molecule has 164 valence electrons. The summed E-state index contributed by atoms with van der Waals surface area (Å²) in [6.45, 7) is 0.338. The summed E-state index contributed by atoms with van der Waals surface area (Å²) in [7, 11) is 5.57. The number of methoxy groups -OCH3 is 1. The molecule has 0 atom stereocenters. The molecule has 0 unspecified atom stereocenters. The van der Waals surface area contributed by atoms with Crippen LogP contribution in [-0.2, 0) is 20.6 Å². The molecule has 2 heterocycles. The van der Waals surface area contributed by atoms with Gasteiger partial charge in [-0.2, -0.15) is 11.8 Å². The minimum atomic E-state index is -0.814. The van der Waals surface area contributed by atoms with E-state index in [0.29, 0.717) is 11.3 Å². The number of hydrogen-bond donors (Lipinski definition) is 0. The molecule has 0 aliphatic carbocycles. The Morgan fingerprint density at radius 1 is 1.20 bits per heavy atom. The molecule has 0 amide bonds. The van der Waals surface area contributed by atoms with Crippen molar-refractivity contribution in [2.24, 2.45) is 0 Å². The second-order valence-corrected chi connectivity index (χ2v) is 8.54. The molecule has 1 aromatic heterocycles. The zero-order valence-corrected chi connectivity index (χ0v) is 18.4. The lowest BCUT2D eigenvalue weighted by molar-refractivity contribution is -0.0304. The number of hydrogen-bond acceptors (Lipinski definition) is 8. The van der Waals surface area contributed by atoms with E-state index < -0.39 is 19.0 Å². The minimum absolute atomic E-state index is 0.130. The number of thioether (sulfide) groups is 1. The third-order valence-corrected chi connectivity index (χ3v) is 5.96. The van der Waals surface area contributed by atoms with E-state index in [4.69, 9.17) is 18.9 Å². The van der Waals surface area contributed by atoms with Crippen molar-refractivity contribution in [1.29, 1.82) is 0 Å². The maximum atomic E-state index is 12.6. The number of carbonyl (C=O) groups is 2. The van der Waals surface area contributed by atoms with Gasteiger partial charge in [0.05, 0.1) is 12.6 Å². The summed E-state index contributed by atoms with van der Waals surface area (Å²) in [6.07, 6.45) is 2.58. The maximum Gasteiger partial charge on any atom is 0.511 e. The van der Waals surface area contributed by atoms with Crippen molar-refractivity contribution in [2.75, 3.05) is 46.0 Å². The smallest absolute Gasteiger partial charge is 0.497 e. The van der Waals surface area contributed by atoms with Crippen LogP contribution in [0, 0.1) is 0 Å². The highest BCUT2D eigenvalue weighted by atomic mass is 32.2. The topological polar surface area (TPSA) is 79.2 Å². The molecule has 8 nitrogen and oxygen atoms in total. The lowest BCUT2D eigenvalue weighted by Crippen LogP contribution is -2.24. The summed E-state index contributed by atoms with van der Waals surface area (Å²) < 4.78 is 22.0. The minimum Gasteiger partial charge on any atom is -0.497 e. The summed E-state index contributed by atoms with van der Waals surface area (Å²) in [5.41, 5.74) is 1.70. The van der Waals surface area contributed by atoms with E-state index in [2.05, 4.69) is 4.90 Å². The Morgan fingerprint density at radius 3 is 2.67 bits per heavy atom.